The lowest BCUT2D eigenvalue weighted by Crippen LogP contribution is -2.29. The van der Waals surface area contributed by atoms with Crippen LogP contribution in [0.1, 0.15) is 22.7 Å². The predicted octanol–water partition coefficient (Wildman–Crippen LogP) is 3.34. The molecule has 0 aliphatic heterocycles. The van der Waals surface area contributed by atoms with Crippen LogP contribution in [0.2, 0.25) is 5.02 Å². The van der Waals surface area contributed by atoms with Crippen molar-refractivity contribution in [2.45, 2.75) is 13.0 Å². The van der Waals surface area contributed by atoms with Crippen molar-refractivity contribution in [1.82, 2.24) is 5.43 Å². The van der Waals surface area contributed by atoms with Gasteiger partial charge in [0, 0.05) is 5.02 Å². The Morgan fingerprint density at radius 1 is 1.22 bits per heavy atom. The van der Waals surface area contributed by atoms with E-state index in [1.807, 2.05) is 31.2 Å². The third-order valence-electron chi connectivity index (χ3n) is 2.90. The molecule has 0 heterocycles. The van der Waals surface area contributed by atoms with Gasteiger partial charge in [-0.15, -0.1) is 0 Å². The molecule has 0 fully saturated rings. The van der Waals surface area contributed by atoms with E-state index in [0.717, 1.165) is 16.7 Å². The summed E-state index contributed by atoms with van der Waals surface area (Å²) in [5.41, 5.74) is 5.46. The summed E-state index contributed by atoms with van der Waals surface area (Å²) in [5.74, 6) is 5.31. The normalized spacial score (nSPS) is 12.4. The van der Waals surface area contributed by atoms with Crippen molar-refractivity contribution in [1.29, 1.82) is 0 Å². The first-order chi connectivity index (χ1) is 8.61. The second kappa shape index (κ2) is 5.48. The molecule has 2 rings (SSSR count). The van der Waals surface area contributed by atoms with E-state index < -0.39 is 0 Å². The van der Waals surface area contributed by atoms with Crippen molar-refractivity contribution in [3.8, 4) is 0 Å². The third-order valence-corrected chi connectivity index (χ3v) is 3.14. The highest BCUT2D eigenvalue weighted by atomic mass is 35.5. The lowest BCUT2D eigenvalue weighted by atomic mass is 9.95. The van der Waals surface area contributed by atoms with Crippen LogP contribution in [0.25, 0.3) is 0 Å². The minimum atomic E-state index is -0.285. The molecule has 18 heavy (non-hydrogen) atoms. The zero-order valence-electron chi connectivity index (χ0n) is 9.95. The fourth-order valence-corrected chi connectivity index (χ4v) is 2.15. The van der Waals surface area contributed by atoms with Crippen LogP contribution in [0, 0.1) is 12.7 Å². The Morgan fingerprint density at radius 2 is 2.00 bits per heavy atom. The van der Waals surface area contributed by atoms with Crippen LogP contribution in [0.3, 0.4) is 0 Å². The average Bonchev–Trinajstić information content (AvgIpc) is 2.35. The van der Waals surface area contributed by atoms with Crippen molar-refractivity contribution in [2.75, 3.05) is 0 Å². The molecule has 0 spiro atoms. The molecule has 1 atom stereocenters. The molecule has 4 heteroatoms. The Kier molecular flexibility index (Phi) is 3.97. The molecule has 0 aliphatic rings. The molecule has 0 saturated heterocycles. The molecule has 2 aromatic rings. The molecule has 0 saturated carbocycles. The fourth-order valence-electron chi connectivity index (χ4n) is 1.97. The van der Waals surface area contributed by atoms with Crippen LogP contribution in [0.4, 0.5) is 4.39 Å². The highest BCUT2D eigenvalue weighted by molar-refractivity contribution is 6.30. The van der Waals surface area contributed by atoms with Gasteiger partial charge in [-0.25, -0.2) is 9.82 Å². The van der Waals surface area contributed by atoms with Gasteiger partial charge in [0.05, 0.1) is 6.04 Å². The molecule has 2 nitrogen and oxygen atoms in total. The Bertz CT molecular complexity index is 557. The molecule has 3 N–H and O–H groups in total. The second-order valence-electron chi connectivity index (χ2n) is 4.16. The molecule has 0 aromatic heterocycles. The number of hydrazine groups is 1. The molecule has 0 aliphatic carbocycles. The van der Waals surface area contributed by atoms with Crippen LogP contribution in [0.15, 0.2) is 42.5 Å². The maximum atomic E-state index is 13.3. The molecule has 0 bridgehead atoms. The quantitative estimate of drug-likeness (QED) is 0.659. The van der Waals surface area contributed by atoms with E-state index in [0.29, 0.717) is 5.02 Å². The zero-order chi connectivity index (χ0) is 13.1. The summed E-state index contributed by atoms with van der Waals surface area (Å²) in [6.07, 6.45) is 0. The first-order valence-electron chi connectivity index (χ1n) is 5.59. The van der Waals surface area contributed by atoms with E-state index in [2.05, 4.69) is 5.43 Å². The Hall–Kier alpha value is -1.42. The highest BCUT2D eigenvalue weighted by Crippen LogP contribution is 2.27. The van der Waals surface area contributed by atoms with Crippen molar-refractivity contribution in [3.63, 3.8) is 0 Å². The lowest BCUT2D eigenvalue weighted by Gasteiger charge is -2.19. The SMILES string of the molecule is Cc1ccc(Cl)cc1C(NN)c1cccc(F)c1. The molecular weight excluding hydrogens is 251 g/mol. The first kappa shape index (κ1) is 13.0. The maximum Gasteiger partial charge on any atom is 0.123 e. The summed E-state index contributed by atoms with van der Waals surface area (Å²) >= 11 is 5.99. The van der Waals surface area contributed by atoms with E-state index in [-0.39, 0.29) is 11.9 Å². The van der Waals surface area contributed by atoms with Crippen LogP contribution >= 0.6 is 11.6 Å². The van der Waals surface area contributed by atoms with Gasteiger partial charge in [-0.3, -0.25) is 5.84 Å². The number of rotatable bonds is 3. The van der Waals surface area contributed by atoms with Gasteiger partial charge < -0.3 is 0 Å². The molecule has 0 amide bonds. The molecule has 1 unspecified atom stereocenters. The number of aryl methyl sites for hydroxylation is 1. The summed E-state index contributed by atoms with van der Waals surface area (Å²) in [7, 11) is 0. The fraction of sp³-hybridized carbons (Fsp3) is 0.143. The number of benzene rings is 2. The van der Waals surface area contributed by atoms with Gasteiger partial charge in [0.2, 0.25) is 0 Å². The molecule has 0 radical (unpaired) electrons. The van der Waals surface area contributed by atoms with Crippen LogP contribution < -0.4 is 11.3 Å². The zero-order valence-corrected chi connectivity index (χ0v) is 10.7. The number of hydrogen-bond acceptors (Lipinski definition) is 2. The lowest BCUT2D eigenvalue weighted by molar-refractivity contribution is 0.604. The number of nitrogens with two attached hydrogens (primary N) is 1. The highest BCUT2D eigenvalue weighted by Gasteiger charge is 2.15. The molecule has 2 aromatic carbocycles. The van der Waals surface area contributed by atoms with E-state index in [9.17, 15) is 4.39 Å². The van der Waals surface area contributed by atoms with Gasteiger partial charge in [0.1, 0.15) is 5.82 Å². The van der Waals surface area contributed by atoms with Crippen molar-refractivity contribution >= 4 is 11.6 Å². The number of nitrogens with one attached hydrogen (secondary N) is 1. The second-order valence-corrected chi connectivity index (χ2v) is 4.59. The van der Waals surface area contributed by atoms with Crippen molar-refractivity contribution < 1.29 is 4.39 Å². The van der Waals surface area contributed by atoms with E-state index >= 15 is 0 Å². The van der Waals surface area contributed by atoms with E-state index in [4.69, 9.17) is 17.4 Å². The monoisotopic (exact) mass is 264 g/mol. The van der Waals surface area contributed by atoms with Gasteiger partial charge >= 0.3 is 0 Å². The maximum absolute atomic E-state index is 13.3. The summed E-state index contributed by atoms with van der Waals surface area (Å²) in [6.45, 7) is 1.97. The first-order valence-corrected chi connectivity index (χ1v) is 5.97. The minimum Gasteiger partial charge on any atom is -0.271 e. The standard InChI is InChI=1S/C14H14ClFN2/c1-9-5-6-11(15)8-13(9)14(18-17)10-3-2-4-12(16)7-10/h2-8,14,18H,17H2,1H3. The minimum absolute atomic E-state index is 0.278. The Labute approximate surface area is 111 Å². The van der Waals surface area contributed by atoms with E-state index in [1.165, 1.54) is 12.1 Å². The smallest absolute Gasteiger partial charge is 0.123 e. The summed E-state index contributed by atoms with van der Waals surface area (Å²) in [4.78, 5) is 0. The number of hydrogen-bond donors (Lipinski definition) is 2. The molecule has 94 valence electrons. The summed E-state index contributed by atoms with van der Waals surface area (Å²) in [5, 5.41) is 0.632. The number of halogens is 2. The van der Waals surface area contributed by atoms with Crippen LogP contribution in [0.5, 0.6) is 0 Å². The summed E-state index contributed by atoms with van der Waals surface area (Å²) in [6, 6.07) is 11.7. The van der Waals surface area contributed by atoms with Crippen LogP contribution in [-0.4, -0.2) is 0 Å². The van der Waals surface area contributed by atoms with Crippen molar-refractivity contribution in [3.05, 3.63) is 70.0 Å². The third kappa shape index (κ3) is 2.70. The van der Waals surface area contributed by atoms with Gasteiger partial charge in [-0.05, 0) is 47.9 Å². The Morgan fingerprint density at radius 3 is 2.67 bits per heavy atom. The van der Waals surface area contributed by atoms with Crippen LogP contribution in [-0.2, 0) is 0 Å². The van der Waals surface area contributed by atoms with E-state index in [1.54, 1.807) is 6.07 Å². The largest absolute Gasteiger partial charge is 0.271 e. The predicted molar refractivity (Wildman–Crippen MR) is 71.8 cm³/mol. The topological polar surface area (TPSA) is 38.0 Å². The Balaban J connectivity index is 2.48. The van der Waals surface area contributed by atoms with Crippen molar-refractivity contribution in [2.24, 2.45) is 5.84 Å². The molecular formula is C14H14ClFN2. The average molecular weight is 265 g/mol. The van der Waals surface area contributed by atoms with Gasteiger partial charge in [-0.2, -0.15) is 0 Å². The summed E-state index contributed by atoms with van der Waals surface area (Å²) < 4.78 is 13.3. The van der Waals surface area contributed by atoms with Gasteiger partial charge in [0.25, 0.3) is 0 Å². The van der Waals surface area contributed by atoms with Gasteiger partial charge in [-0.1, -0.05) is 29.8 Å². The van der Waals surface area contributed by atoms with Gasteiger partial charge in [0.15, 0.2) is 0 Å².